The van der Waals surface area contributed by atoms with Crippen molar-refractivity contribution in [1.29, 1.82) is 5.26 Å². The van der Waals surface area contributed by atoms with Gasteiger partial charge in [-0.1, -0.05) is 74.4 Å². The molecule has 1 aromatic rings. The quantitative estimate of drug-likeness (QED) is 0.596. The molecule has 1 aromatic carbocycles. The molecule has 0 unspecified atom stereocenters. The second-order valence-electron chi connectivity index (χ2n) is 10.4. The molecular weight excluding hydrogens is 310 g/mol. The molecule has 0 aliphatic carbocycles. The average Bonchev–Trinajstić information content (AvgIpc) is 2.34. The van der Waals surface area contributed by atoms with Crippen LogP contribution in [0.2, 0.25) is 13.1 Å². The highest BCUT2D eigenvalue weighted by atomic mass is 28.4. The monoisotopic (exact) mass is 345 g/mol. The first-order valence-electron chi connectivity index (χ1n) is 8.79. The molecule has 134 valence electrons. The SMILES string of the molecule is CC(C)(C)c1cc(C(C)(C)C)c(O[Si](C)(C)C#N)c(C(C)(C)C)c1. The van der Waals surface area contributed by atoms with Crippen LogP contribution < -0.4 is 4.43 Å². The van der Waals surface area contributed by atoms with Gasteiger partial charge in [0.25, 0.3) is 0 Å². The zero-order chi connectivity index (χ0) is 19.1. The van der Waals surface area contributed by atoms with Gasteiger partial charge in [-0.2, -0.15) is 0 Å². The van der Waals surface area contributed by atoms with E-state index in [1.54, 1.807) is 0 Å². The Balaban J connectivity index is 3.86. The predicted molar refractivity (Wildman–Crippen MR) is 106 cm³/mol. The predicted octanol–water partition coefficient (Wildman–Crippen LogP) is 6.23. The number of hydrogen-bond acceptors (Lipinski definition) is 2. The van der Waals surface area contributed by atoms with Crippen molar-refractivity contribution in [2.24, 2.45) is 0 Å². The number of rotatable bonds is 2. The van der Waals surface area contributed by atoms with Gasteiger partial charge in [-0.25, -0.2) is 5.26 Å². The van der Waals surface area contributed by atoms with E-state index in [1.807, 2.05) is 13.1 Å². The lowest BCUT2D eigenvalue weighted by molar-refractivity contribution is 0.475. The van der Waals surface area contributed by atoms with Gasteiger partial charge in [0.05, 0.1) is 5.69 Å². The van der Waals surface area contributed by atoms with Crippen LogP contribution in [0.5, 0.6) is 5.75 Å². The number of benzene rings is 1. The maximum atomic E-state index is 9.51. The third-order valence-corrected chi connectivity index (χ3v) is 5.45. The summed E-state index contributed by atoms with van der Waals surface area (Å²) >= 11 is 0. The van der Waals surface area contributed by atoms with E-state index in [0.29, 0.717) is 0 Å². The van der Waals surface area contributed by atoms with Gasteiger partial charge < -0.3 is 4.43 Å². The molecule has 2 nitrogen and oxygen atoms in total. The van der Waals surface area contributed by atoms with Crippen LogP contribution >= 0.6 is 0 Å². The summed E-state index contributed by atoms with van der Waals surface area (Å²) in [5.74, 6) is 0.932. The summed E-state index contributed by atoms with van der Waals surface area (Å²) in [5, 5.41) is 9.51. The minimum atomic E-state index is -2.40. The molecule has 24 heavy (non-hydrogen) atoms. The minimum absolute atomic E-state index is 0.0451. The second-order valence-corrected chi connectivity index (χ2v) is 13.8. The highest BCUT2D eigenvalue weighted by molar-refractivity contribution is 6.79. The summed E-state index contributed by atoms with van der Waals surface area (Å²) in [6.45, 7) is 24.0. The lowest BCUT2D eigenvalue weighted by atomic mass is 9.75. The summed E-state index contributed by atoms with van der Waals surface area (Å²) < 4.78 is 6.41. The van der Waals surface area contributed by atoms with Crippen molar-refractivity contribution in [3.63, 3.8) is 0 Å². The Morgan fingerprint density at radius 1 is 0.792 bits per heavy atom. The molecule has 0 aliphatic rings. The highest BCUT2D eigenvalue weighted by Gasteiger charge is 2.34. The first kappa shape index (κ1) is 20.8. The van der Waals surface area contributed by atoms with Crippen molar-refractivity contribution >= 4 is 8.32 Å². The molecule has 0 aliphatic heterocycles. The van der Waals surface area contributed by atoms with E-state index < -0.39 is 8.32 Å². The lowest BCUT2D eigenvalue weighted by Crippen LogP contribution is -2.35. The van der Waals surface area contributed by atoms with Crippen molar-refractivity contribution in [1.82, 2.24) is 0 Å². The molecule has 1 rings (SSSR count). The molecule has 0 atom stereocenters. The third-order valence-electron chi connectivity index (χ3n) is 4.20. The Hall–Kier alpha value is -1.27. The molecule has 0 saturated heterocycles. The van der Waals surface area contributed by atoms with E-state index >= 15 is 0 Å². The first-order valence-corrected chi connectivity index (χ1v) is 11.7. The molecular formula is C21H35NOSi. The van der Waals surface area contributed by atoms with Gasteiger partial charge in [0, 0.05) is 0 Å². The Labute approximate surface area is 150 Å². The van der Waals surface area contributed by atoms with E-state index in [-0.39, 0.29) is 16.2 Å². The number of nitrogens with zero attached hydrogens (tertiary/aromatic N) is 1. The maximum absolute atomic E-state index is 9.51. The topological polar surface area (TPSA) is 33.0 Å². The average molecular weight is 346 g/mol. The Kier molecular flexibility index (Phi) is 5.39. The van der Waals surface area contributed by atoms with Crippen LogP contribution in [0, 0.1) is 11.0 Å². The summed E-state index contributed by atoms with van der Waals surface area (Å²) in [4.78, 5) is 0. The normalized spacial score (nSPS) is 13.6. The first-order chi connectivity index (χ1) is 10.5. The van der Waals surface area contributed by atoms with E-state index in [9.17, 15) is 5.26 Å². The largest absolute Gasteiger partial charge is 0.530 e. The second kappa shape index (κ2) is 6.22. The van der Waals surface area contributed by atoms with Gasteiger partial charge in [-0.15, -0.1) is 0 Å². The van der Waals surface area contributed by atoms with Gasteiger partial charge in [0.1, 0.15) is 5.75 Å². The molecule has 0 radical (unpaired) electrons. The van der Waals surface area contributed by atoms with Crippen LogP contribution in [-0.2, 0) is 16.2 Å². The zero-order valence-electron chi connectivity index (χ0n) is 17.5. The van der Waals surface area contributed by atoms with Crippen molar-refractivity contribution in [3.05, 3.63) is 28.8 Å². The minimum Gasteiger partial charge on any atom is -0.530 e. The molecule has 0 fully saturated rings. The lowest BCUT2D eigenvalue weighted by Gasteiger charge is -2.35. The van der Waals surface area contributed by atoms with Gasteiger partial charge in [-0.3, -0.25) is 0 Å². The number of nitriles is 1. The summed E-state index contributed by atoms with van der Waals surface area (Å²) in [5.41, 5.74) is 6.12. The Morgan fingerprint density at radius 2 is 1.17 bits per heavy atom. The van der Waals surface area contributed by atoms with Gasteiger partial charge in [0.15, 0.2) is 0 Å². The number of hydrogen-bond donors (Lipinski definition) is 0. The fourth-order valence-electron chi connectivity index (χ4n) is 2.56. The van der Waals surface area contributed by atoms with Crippen LogP contribution in [0.25, 0.3) is 0 Å². The molecule has 0 heterocycles. The smallest absolute Gasteiger partial charge is 0.354 e. The standard InChI is InChI=1S/C21H35NOSi/c1-19(2,3)15-12-16(20(4,5)6)18(23-24(10,11)14-22)17(13-15)21(7,8)9/h12-13H,1-11H3. The van der Waals surface area contributed by atoms with Crippen LogP contribution in [0.3, 0.4) is 0 Å². The van der Waals surface area contributed by atoms with Gasteiger partial charge in [0.2, 0.25) is 0 Å². The van der Waals surface area contributed by atoms with Crippen molar-refractivity contribution in [2.45, 2.75) is 91.7 Å². The molecule has 0 N–H and O–H groups in total. The fourth-order valence-corrected chi connectivity index (χ4v) is 3.34. The van der Waals surface area contributed by atoms with Crippen LogP contribution in [-0.4, -0.2) is 8.32 Å². The maximum Gasteiger partial charge on any atom is 0.354 e. The van der Waals surface area contributed by atoms with E-state index in [1.165, 1.54) is 16.7 Å². The molecule has 0 bridgehead atoms. The molecule has 0 spiro atoms. The van der Waals surface area contributed by atoms with Crippen LogP contribution in [0.1, 0.15) is 79.0 Å². The molecule has 0 saturated carbocycles. The molecule has 3 heteroatoms. The fraction of sp³-hybridized carbons (Fsp3) is 0.667. The van der Waals surface area contributed by atoms with Crippen molar-refractivity contribution < 1.29 is 4.43 Å². The molecule has 0 amide bonds. The van der Waals surface area contributed by atoms with Crippen molar-refractivity contribution in [2.75, 3.05) is 0 Å². The van der Waals surface area contributed by atoms with Gasteiger partial charge in [-0.05, 0) is 46.0 Å². The van der Waals surface area contributed by atoms with Crippen molar-refractivity contribution in [3.8, 4) is 11.4 Å². The Morgan fingerprint density at radius 3 is 1.42 bits per heavy atom. The van der Waals surface area contributed by atoms with E-state index in [2.05, 4.69) is 80.1 Å². The summed E-state index contributed by atoms with van der Waals surface area (Å²) in [6.07, 6.45) is 0. The third kappa shape index (κ3) is 4.86. The Bertz CT molecular complexity index is 611. The zero-order valence-corrected chi connectivity index (χ0v) is 18.5. The van der Waals surface area contributed by atoms with E-state index in [0.717, 1.165) is 5.75 Å². The van der Waals surface area contributed by atoms with Crippen LogP contribution in [0.4, 0.5) is 0 Å². The van der Waals surface area contributed by atoms with Gasteiger partial charge >= 0.3 is 8.32 Å². The van der Waals surface area contributed by atoms with Crippen LogP contribution in [0.15, 0.2) is 12.1 Å². The van der Waals surface area contributed by atoms with E-state index in [4.69, 9.17) is 4.43 Å². The molecule has 0 aromatic heterocycles. The summed E-state index contributed by atoms with van der Waals surface area (Å²) in [7, 11) is -2.40. The summed E-state index contributed by atoms with van der Waals surface area (Å²) in [6, 6.07) is 4.57. The highest BCUT2D eigenvalue weighted by Crippen LogP contribution is 2.43.